The second kappa shape index (κ2) is 5.43. The number of rotatable bonds is 6. The maximum atomic E-state index is 5.97. The van der Waals surface area contributed by atoms with Crippen LogP contribution in [-0.2, 0) is 11.3 Å². The van der Waals surface area contributed by atoms with Crippen LogP contribution in [0.4, 0.5) is 0 Å². The molecule has 0 aromatic carbocycles. The monoisotopic (exact) mass is 252 g/mol. The summed E-state index contributed by atoms with van der Waals surface area (Å²) in [4.78, 5) is 2.35. The second-order valence-corrected chi connectivity index (χ2v) is 5.27. The molecule has 0 atom stereocenters. The van der Waals surface area contributed by atoms with Crippen molar-refractivity contribution in [1.29, 1.82) is 0 Å². The molecule has 2 N–H and O–H groups in total. The summed E-state index contributed by atoms with van der Waals surface area (Å²) in [6.07, 6.45) is 4.19. The molecule has 0 aliphatic heterocycles. The first kappa shape index (κ1) is 13.6. The van der Waals surface area contributed by atoms with Crippen molar-refractivity contribution in [2.75, 3.05) is 20.2 Å². The largest absolute Gasteiger partial charge is 0.469 e. The maximum Gasteiger partial charge on any atom is 0.105 e. The van der Waals surface area contributed by atoms with Gasteiger partial charge >= 0.3 is 0 Å². The zero-order valence-electron chi connectivity index (χ0n) is 11.6. The van der Waals surface area contributed by atoms with E-state index in [4.69, 9.17) is 14.9 Å². The molecular formula is C14H24N2O2. The van der Waals surface area contributed by atoms with Crippen LogP contribution in [0.25, 0.3) is 0 Å². The van der Waals surface area contributed by atoms with Crippen molar-refractivity contribution in [3.8, 4) is 0 Å². The molecule has 18 heavy (non-hydrogen) atoms. The van der Waals surface area contributed by atoms with Gasteiger partial charge in [0, 0.05) is 30.8 Å². The standard InChI is InChI=1S/C14H24N2O2/c1-4-17-13-7-14(8-13,10-15)16(3)9-12-5-6-18-11(12)2/h5-6,13H,4,7-10,15H2,1-3H3. The molecule has 0 bridgehead atoms. The summed E-state index contributed by atoms with van der Waals surface area (Å²) < 4.78 is 11.0. The van der Waals surface area contributed by atoms with Crippen molar-refractivity contribution in [2.45, 2.75) is 44.9 Å². The molecule has 0 spiro atoms. The number of hydrogen-bond acceptors (Lipinski definition) is 4. The van der Waals surface area contributed by atoms with Crippen molar-refractivity contribution >= 4 is 0 Å². The van der Waals surface area contributed by atoms with Gasteiger partial charge in [-0.1, -0.05) is 0 Å². The fourth-order valence-corrected chi connectivity index (χ4v) is 2.77. The molecule has 1 saturated carbocycles. The minimum absolute atomic E-state index is 0.101. The van der Waals surface area contributed by atoms with Crippen LogP contribution in [0.15, 0.2) is 16.7 Å². The Hall–Kier alpha value is -0.840. The van der Waals surface area contributed by atoms with Crippen LogP contribution in [0.2, 0.25) is 0 Å². The Morgan fingerprint density at radius 2 is 2.28 bits per heavy atom. The van der Waals surface area contributed by atoms with Gasteiger partial charge in [0.15, 0.2) is 0 Å². The highest BCUT2D eigenvalue weighted by Gasteiger charge is 2.46. The van der Waals surface area contributed by atoms with Crippen molar-refractivity contribution < 1.29 is 9.15 Å². The lowest BCUT2D eigenvalue weighted by atomic mass is 9.73. The van der Waals surface area contributed by atoms with E-state index in [1.807, 2.05) is 19.9 Å². The highest BCUT2D eigenvalue weighted by molar-refractivity contribution is 5.16. The van der Waals surface area contributed by atoms with E-state index >= 15 is 0 Å². The maximum absolute atomic E-state index is 5.97. The first-order chi connectivity index (χ1) is 8.61. The van der Waals surface area contributed by atoms with Gasteiger partial charge < -0.3 is 14.9 Å². The van der Waals surface area contributed by atoms with E-state index in [9.17, 15) is 0 Å². The minimum Gasteiger partial charge on any atom is -0.469 e. The Balaban J connectivity index is 1.95. The molecule has 0 saturated heterocycles. The molecule has 1 aromatic heterocycles. The second-order valence-electron chi connectivity index (χ2n) is 5.27. The van der Waals surface area contributed by atoms with E-state index in [0.29, 0.717) is 12.6 Å². The van der Waals surface area contributed by atoms with Gasteiger partial charge in [0.05, 0.1) is 12.4 Å². The number of nitrogens with two attached hydrogens (primary N) is 1. The summed E-state index contributed by atoms with van der Waals surface area (Å²) in [5, 5.41) is 0. The summed E-state index contributed by atoms with van der Waals surface area (Å²) in [7, 11) is 2.14. The van der Waals surface area contributed by atoms with Gasteiger partial charge in [0.2, 0.25) is 0 Å². The summed E-state index contributed by atoms with van der Waals surface area (Å²) in [6.45, 7) is 6.40. The fraction of sp³-hybridized carbons (Fsp3) is 0.714. The van der Waals surface area contributed by atoms with Gasteiger partial charge in [-0.25, -0.2) is 0 Å². The molecule has 102 valence electrons. The lowest BCUT2D eigenvalue weighted by molar-refractivity contribution is -0.0948. The van der Waals surface area contributed by atoms with E-state index in [0.717, 1.165) is 31.8 Å². The number of nitrogens with zero attached hydrogens (tertiary/aromatic N) is 1. The Morgan fingerprint density at radius 1 is 1.56 bits per heavy atom. The van der Waals surface area contributed by atoms with Crippen LogP contribution in [0.1, 0.15) is 31.1 Å². The van der Waals surface area contributed by atoms with Gasteiger partial charge in [-0.3, -0.25) is 4.90 Å². The van der Waals surface area contributed by atoms with Gasteiger partial charge in [-0.05, 0) is 39.8 Å². The van der Waals surface area contributed by atoms with Crippen molar-refractivity contribution in [3.63, 3.8) is 0 Å². The van der Waals surface area contributed by atoms with Gasteiger partial charge in [-0.2, -0.15) is 0 Å². The molecule has 0 radical (unpaired) electrons. The van der Waals surface area contributed by atoms with Gasteiger partial charge in [0.25, 0.3) is 0 Å². The number of ether oxygens (including phenoxy) is 1. The first-order valence-corrected chi connectivity index (χ1v) is 6.67. The molecule has 1 fully saturated rings. The third kappa shape index (κ3) is 2.46. The molecule has 0 amide bonds. The quantitative estimate of drug-likeness (QED) is 0.840. The van der Waals surface area contributed by atoms with Crippen molar-refractivity contribution in [2.24, 2.45) is 5.73 Å². The predicted octanol–water partition coefficient (Wildman–Crippen LogP) is 1.92. The fourth-order valence-electron chi connectivity index (χ4n) is 2.77. The smallest absolute Gasteiger partial charge is 0.105 e. The Labute approximate surface area is 109 Å². The van der Waals surface area contributed by atoms with Gasteiger partial charge in [-0.15, -0.1) is 0 Å². The normalized spacial score (nSPS) is 27.5. The average molecular weight is 252 g/mol. The summed E-state index contributed by atoms with van der Waals surface area (Å²) in [5.41, 5.74) is 7.32. The Kier molecular flexibility index (Phi) is 4.10. The van der Waals surface area contributed by atoms with Crippen LogP contribution in [-0.4, -0.2) is 36.7 Å². The first-order valence-electron chi connectivity index (χ1n) is 6.67. The number of hydrogen-bond donors (Lipinski definition) is 1. The average Bonchev–Trinajstić information content (AvgIpc) is 2.69. The number of likely N-dealkylation sites (N-methyl/N-ethyl adjacent to an activating group) is 1. The van der Waals surface area contributed by atoms with E-state index in [2.05, 4.69) is 11.9 Å². The molecule has 1 aliphatic rings. The Bertz CT molecular complexity index is 383. The van der Waals surface area contributed by atoms with E-state index in [1.165, 1.54) is 5.56 Å². The van der Waals surface area contributed by atoms with Gasteiger partial charge in [0.1, 0.15) is 5.76 Å². The topological polar surface area (TPSA) is 51.6 Å². The molecule has 1 heterocycles. The lowest BCUT2D eigenvalue weighted by Gasteiger charge is -2.52. The van der Waals surface area contributed by atoms with Crippen LogP contribution < -0.4 is 5.73 Å². The third-order valence-corrected chi connectivity index (χ3v) is 4.18. The van der Waals surface area contributed by atoms with Crippen molar-refractivity contribution in [3.05, 3.63) is 23.7 Å². The van der Waals surface area contributed by atoms with Crippen LogP contribution in [0.3, 0.4) is 0 Å². The summed E-state index contributed by atoms with van der Waals surface area (Å²) in [5.74, 6) is 0.995. The van der Waals surface area contributed by atoms with Crippen LogP contribution in [0, 0.1) is 6.92 Å². The van der Waals surface area contributed by atoms with E-state index in [-0.39, 0.29) is 5.54 Å². The molecular weight excluding hydrogens is 228 g/mol. The predicted molar refractivity (Wildman–Crippen MR) is 71.3 cm³/mol. The molecule has 0 unspecified atom stereocenters. The van der Waals surface area contributed by atoms with Crippen LogP contribution >= 0.6 is 0 Å². The zero-order valence-corrected chi connectivity index (χ0v) is 11.6. The SMILES string of the molecule is CCOC1CC(CN)(N(C)Cc2ccoc2C)C1. The highest BCUT2D eigenvalue weighted by Crippen LogP contribution is 2.39. The summed E-state index contributed by atoms with van der Waals surface area (Å²) in [6, 6.07) is 2.04. The Morgan fingerprint density at radius 3 is 2.78 bits per heavy atom. The highest BCUT2D eigenvalue weighted by atomic mass is 16.5. The minimum atomic E-state index is 0.101. The zero-order chi connectivity index (χ0) is 13.2. The van der Waals surface area contributed by atoms with E-state index < -0.39 is 0 Å². The number of furan rings is 1. The molecule has 4 heteroatoms. The molecule has 2 rings (SSSR count). The number of aryl methyl sites for hydroxylation is 1. The van der Waals surface area contributed by atoms with Crippen molar-refractivity contribution in [1.82, 2.24) is 4.90 Å². The lowest BCUT2D eigenvalue weighted by Crippen LogP contribution is -2.62. The molecule has 4 nitrogen and oxygen atoms in total. The molecule has 1 aromatic rings. The molecule has 1 aliphatic carbocycles. The third-order valence-electron chi connectivity index (χ3n) is 4.18. The van der Waals surface area contributed by atoms with Crippen LogP contribution in [0.5, 0.6) is 0 Å². The summed E-state index contributed by atoms with van der Waals surface area (Å²) >= 11 is 0. The van der Waals surface area contributed by atoms with E-state index in [1.54, 1.807) is 6.26 Å².